The molecule has 34 heavy (non-hydrogen) atoms. The molecule has 2 aliphatic heterocycles. The van der Waals surface area contributed by atoms with Crippen molar-refractivity contribution in [2.45, 2.75) is 38.5 Å². The van der Waals surface area contributed by atoms with Gasteiger partial charge in [0.2, 0.25) is 5.95 Å². The molecule has 0 atom stereocenters. The van der Waals surface area contributed by atoms with Gasteiger partial charge in [-0.3, -0.25) is 4.79 Å². The number of piperidine rings is 2. The molecule has 0 spiro atoms. The van der Waals surface area contributed by atoms with Crippen LogP contribution in [-0.2, 0) is 0 Å². The van der Waals surface area contributed by atoms with Crippen LogP contribution in [0, 0.1) is 0 Å². The second-order valence-corrected chi connectivity index (χ2v) is 9.09. The fraction of sp³-hybridized carbons (Fsp3) is 0.444. The Labute approximate surface area is 201 Å². The maximum absolute atomic E-state index is 12.8. The minimum atomic E-state index is 0.0981. The van der Waals surface area contributed by atoms with Gasteiger partial charge in [-0.25, -0.2) is 4.98 Å². The van der Waals surface area contributed by atoms with Gasteiger partial charge in [0.25, 0.3) is 5.91 Å². The SMILES string of the molecule is O=C(c1cccc(OCCNc2nc(N3CCCCC3)nc3ccccc23)c1)N1CCCCC1. The number of benzene rings is 2. The van der Waals surface area contributed by atoms with Crippen LogP contribution in [0.15, 0.2) is 48.5 Å². The number of nitrogens with zero attached hydrogens (tertiary/aromatic N) is 4. The van der Waals surface area contributed by atoms with Crippen molar-refractivity contribution in [3.05, 3.63) is 54.1 Å². The Bertz CT molecular complexity index is 1120. The third-order valence-electron chi connectivity index (χ3n) is 6.62. The Morgan fingerprint density at radius 2 is 1.65 bits per heavy atom. The third kappa shape index (κ3) is 5.24. The number of ether oxygens (including phenoxy) is 1. The molecule has 178 valence electrons. The van der Waals surface area contributed by atoms with E-state index in [0.29, 0.717) is 24.5 Å². The molecule has 0 aliphatic carbocycles. The van der Waals surface area contributed by atoms with E-state index in [0.717, 1.165) is 61.7 Å². The maximum atomic E-state index is 12.8. The zero-order valence-electron chi connectivity index (χ0n) is 19.7. The van der Waals surface area contributed by atoms with E-state index in [1.54, 1.807) is 0 Å². The molecule has 3 aromatic rings. The fourth-order valence-corrected chi connectivity index (χ4v) is 4.77. The Balaban J connectivity index is 1.22. The molecule has 0 bridgehead atoms. The highest BCUT2D eigenvalue weighted by Crippen LogP contribution is 2.25. The standard InChI is InChI=1S/C27H33N5O2/c33-26(31-15-5-1-6-16-31)21-10-9-11-22(20-21)34-19-14-28-25-23-12-3-4-13-24(23)29-27(30-25)32-17-7-2-8-18-32/h3-4,9-13,20H,1-2,5-8,14-19H2,(H,28,29,30). The van der Waals surface area contributed by atoms with E-state index in [4.69, 9.17) is 14.7 Å². The summed E-state index contributed by atoms with van der Waals surface area (Å²) in [5.74, 6) is 2.45. The lowest BCUT2D eigenvalue weighted by Crippen LogP contribution is -2.35. The van der Waals surface area contributed by atoms with Crippen molar-refractivity contribution in [2.75, 3.05) is 49.5 Å². The minimum Gasteiger partial charge on any atom is -0.492 e. The number of hydrogen-bond acceptors (Lipinski definition) is 6. The lowest BCUT2D eigenvalue weighted by molar-refractivity contribution is 0.0724. The highest BCUT2D eigenvalue weighted by Gasteiger charge is 2.19. The molecule has 1 N–H and O–H groups in total. The summed E-state index contributed by atoms with van der Waals surface area (Å²) < 4.78 is 5.98. The Kier molecular flexibility index (Phi) is 7.08. The first-order valence-corrected chi connectivity index (χ1v) is 12.6. The van der Waals surface area contributed by atoms with E-state index >= 15 is 0 Å². The highest BCUT2D eigenvalue weighted by molar-refractivity contribution is 5.94. The number of nitrogens with one attached hydrogen (secondary N) is 1. The summed E-state index contributed by atoms with van der Waals surface area (Å²) in [5, 5.41) is 4.46. The Morgan fingerprint density at radius 3 is 2.47 bits per heavy atom. The molecule has 0 radical (unpaired) electrons. The van der Waals surface area contributed by atoms with Gasteiger partial charge in [0, 0.05) is 37.1 Å². The summed E-state index contributed by atoms with van der Waals surface area (Å²) in [5.41, 5.74) is 1.64. The van der Waals surface area contributed by atoms with E-state index < -0.39 is 0 Å². The van der Waals surface area contributed by atoms with Gasteiger partial charge in [-0.05, 0) is 68.9 Å². The van der Waals surface area contributed by atoms with Gasteiger partial charge < -0.3 is 19.9 Å². The number of para-hydroxylation sites is 1. The zero-order valence-corrected chi connectivity index (χ0v) is 19.7. The largest absolute Gasteiger partial charge is 0.492 e. The highest BCUT2D eigenvalue weighted by atomic mass is 16.5. The molecule has 7 nitrogen and oxygen atoms in total. The molecular formula is C27H33N5O2. The Hall–Kier alpha value is -3.35. The summed E-state index contributed by atoms with van der Waals surface area (Å²) in [4.78, 5) is 26.7. The number of amides is 1. The molecule has 2 saturated heterocycles. The van der Waals surface area contributed by atoms with Crippen LogP contribution in [0.4, 0.5) is 11.8 Å². The van der Waals surface area contributed by atoms with E-state index in [1.165, 1.54) is 25.7 Å². The van der Waals surface area contributed by atoms with Crippen molar-refractivity contribution >= 4 is 28.6 Å². The molecule has 5 rings (SSSR count). The lowest BCUT2D eigenvalue weighted by Gasteiger charge is -2.27. The van der Waals surface area contributed by atoms with Gasteiger partial charge in [0.05, 0.1) is 12.1 Å². The van der Waals surface area contributed by atoms with Gasteiger partial charge >= 0.3 is 0 Å². The quantitative estimate of drug-likeness (QED) is 0.515. The van der Waals surface area contributed by atoms with Crippen molar-refractivity contribution < 1.29 is 9.53 Å². The number of anilines is 2. The van der Waals surface area contributed by atoms with Crippen LogP contribution < -0.4 is 15.0 Å². The maximum Gasteiger partial charge on any atom is 0.253 e. The van der Waals surface area contributed by atoms with Crippen molar-refractivity contribution in [2.24, 2.45) is 0 Å². The van der Waals surface area contributed by atoms with Crippen LogP contribution in [0.1, 0.15) is 48.9 Å². The van der Waals surface area contributed by atoms with Crippen LogP contribution in [0.5, 0.6) is 5.75 Å². The first kappa shape index (κ1) is 22.4. The van der Waals surface area contributed by atoms with Gasteiger partial charge in [-0.2, -0.15) is 4.98 Å². The predicted molar refractivity (Wildman–Crippen MR) is 136 cm³/mol. The summed E-state index contributed by atoms with van der Waals surface area (Å²) >= 11 is 0. The smallest absolute Gasteiger partial charge is 0.253 e. The van der Waals surface area contributed by atoms with E-state index in [9.17, 15) is 4.79 Å². The number of carbonyl (C=O) groups excluding carboxylic acids is 1. The van der Waals surface area contributed by atoms with Gasteiger partial charge in [-0.15, -0.1) is 0 Å². The number of aromatic nitrogens is 2. The molecule has 0 unspecified atom stereocenters. The molecular weight excluding hydrogens is 426 g/mol. The van der Waals surface area contributed by atoms with Crippen molar-refractivity contribution in [3.63, 3.8) is 0 Å². The first-order valence-electron chi connectivity index (χ1n) is 12.6. The average molecular weight is 460 g/mol. The van der Waals surface area contributed by atoms with Gasteiger partial charge in [0.1, 0.15) is 18.2 Å². The predicted octanol–water partition coefficient (Wildman–Crippen LogP) is 4.74. The zero-order chi connectivity index (χ0) is 23.2. The minimum absolute atomic E-state index is 0.0981. The molecule has 2 fully saturated rings. The normalized spacial score (nSPS) is 16.5. The topological polar surface area (TPSA) is 70.6 Å². The number of hydrogen-bond donors (Lipinski definition) is 1. The molecule has 7 heteroatoms. The number of rotatable bonds is 7. The summed E-state index contributed by atoms with van der Waals surface area (Å²) in [7, 11) is 0. The van der Waals surface area contributed by atoms with E-state index in [1.807, 2.05) is 53.4 Å². The summed E-state index contributed by atoms with van der Waals surface area (Å²) in [6.45, 7) is 4.78. The van der Waals surface area contributed by atoms with Gasteiger partial charge in [0.15, 0.2) is 0 Å². The monoisotopic (exact) mass is 459 g/mol. The van der Waals surface area contributed by atoms with Crippen LogP contribution in [0.3, 0.4) is 0 Å². The number of fused-ring (bicyclic) bond motifs is 1. The summed E-state index contributed by atoms with van der Waals surface area (Å²) in [6.07, 6.45) is 7.03. The summed E-state index contributed by atoms with van der Waals surface area (Å²) in [6, 6.07) is 15.6. The van der Waals surface area contributed by atoms with Crippen LogP contribution in [0.25, 0.3) is 10.9 Å². The van der Waals surface area contributed by atoms with E-state index in [2.05, 4.69) is 10.2 Å². The van der Waals surface area contributed by atoms with Crippen LogP contribution in [0.2, 0.25) is 0 Å². The second kappa shape index (κ2) is 10.7. The van der Waals surface area contributed by atoms with Crippen molar-refractivity contribution in [3.8, 4) is 5.75 Å². The van der Waals surface area contributed by atoms with Crippen molar-refractivity contribution in [1.29, 1.82) is 0 Å². The van der Waals surface area contributed by atoms with Crippen LogP contribution >= 0.6 is 0 Å². The van der Waals surface area contributed by atoms with Crippen LogP contribution in [-0.4, -0.2) is 60.1 Å². The van der Waals surface area contributed by atoms with E-state index in [-0.39, 0.29) is 5.91 Å². The van der Waals surface area contributed by atoms with Crippen molar-refractivity contribution in [1.82, 2.24) is 14.9 Å². The average Bonchev–Trinajstić information content (AvgIpc) is 2.91. The molecule has 3 heterocycles. The molecule has 0 saturated carbocycles. The molecule has 1 amide bonds. The molecule has 2 aliphatic rings. The second-order valence-electron chi connectivity index (χ2n) is 9.09. The lowest BCUT2D eigenvalue weighted by atomic mass is 10.1. The number of likely N-dealkylation sites (tertiary alicyclic amines) is 1. The number of carbonyl (C=O) groups is 1. The third-order valence-corrected chi connectivity index (χ3v) is 6.62. The molecule has 2 aromatic carbocycles. The molecule has 1 aromatic heterocycles. The van der Waals surface area contributed by atoms with Gasteiger partial charge in [-0.1, -0.05) is 18.2 Å². The fourth-order valence-electron chi connectivity index (χ4n) is 4.77. The first-order chi connectivity index (χ1) is 16.8. The Morgan fingerprint density at radius 1 is 0.882 bits per heavy atom.